The molecule has 2 heterocycles. The fourth-order valence-electron chi connectivity index (χ4n) is 2.32. The van der Waals surface area contributed by atoms with Crippen LogP contribution in [0.5, 0.6) is 0 Å². The predicted octanol–water partition coefficient (Wildman–Crippen LogP) is 3.88. The Hall–Kier alpha value is -1.06. The van der Waals surface area contributed by atoms with Crippen molar-refractivity contribution in [1.82, 2.24) is 5.32 Å². The van der Waals surface area contributed by atoms with E-state index in [1.54, 1.807) is 11.3 Å². The highest BCUT2D eigenvalue weighted by Gasteiger charge is 2.23. The van der Waals surface area contributed by atoms with Crippen LogP contribution in [0.4, 0.5) is 0 Å². The molecule has 2 nitrogen and oxygen atoms in total. The summed E-state index contributed by atoms with van der Waals surface area (Å²) in [5.74, 6) is 2.04. The second kappa shape index (κ2) is 4.67. The molecule has 0 saturated heterocycles. The van der Waals surface area contributed by atoms with E-state index in [-0.39, 0.29) is 6.04 Å². The van der Waals surface area contributed by atoms with Crippen molar-refractivity contribution in [3.8, 4) is 0 Å². The third-order valence-corrected chi connectivity index (χ3v) is 4.44. The molecule has 17 heavy (non-hydrogen) atoms. The van der Waals surface area contributed by atoms with E-state index in [0.717, 1.165) is 11.5 Å². The number of hydrogen-bond donors (Lipinski definition) is 1. The Balaban J connectivity index is 2.53. The molecule has 1 unspecified atom stereocenters. The number of furan rings is 1. The lowest BCUT2D eigenvalue weighted by Crippen LogP contribution is -2.18. The first-order valence-corrected chi connectivity index (χ1v) is 6.72. The van der Waals surface area contributed by atoms with Crippen LogP contribution in [0.25, 0.3) is 0 Å². The molecular weight excluding hydrogens is 230 g/mol. The van der Waals surface area contributed by atoms with Crippen LogP contribution >= 0.6 is 11.3 Å². The number of nitrogens with one attached hydrogen (secondary N) is 1. The van der Waals surface area contributed by atoms with Crippen molar-refractivity contribution in [2.45, 2.75) is 33.7 Å². The minimum atomic E-state index is 0.243. The lowest BCUT2D eigenvalue weighted by molar-refractivity contribution is 0.496. The van der Waals surface area contributed by atoms with Gasteiger partial charge in [0.25, 0.3) is 0 Å². The van der Waals surface area contributed by atoms with E-state index >= 15 is 0 Å². The van der Waals surface area contributed by atoms with Crippen molar-refractivity contribution >= 4 is 11.3 Å². The first kappa shape index (κ1) is 12.4. The highest BCUT2D eigenvalue weighted by molar-refractivity contribution is 7.10. The summed E-state index contributed by atoms with van der Waals surface area (Å²) < 4.78 is 5.73. The zero-order valence-electron chi connectivity index (χ0n) is 11.0. The van der Waals surface area contributed by atoms with Crippen LogP contribution in [0.2, 0.25) is 0 Å². The van der Waals surface area contributed by atoms with Crippen LogP contribution in [-0.2, 0) is 0 Å². The molecule has 0 aliphatic rings. The zero-order chi connectivity index (χ0) is 12.6. The van der Waals surface area contributed by atoms with Gasteiger partial charge < -0.3 is 9.73 Å². The number of aryl methyl sites for hydroxylation is 3. The Kier molecular flexibility index (Phi) is 3.40. The maximum absolute atomic E-state index is 5.73. The van der Waals surface area contributed by atoms with Crippen molar-refractivity contribution in [2.75, 3.05) is 7.05 Å². The van der Waals surface area contributed by atoms with Crippen LogP contribution in [0, 0.1) is 27.7 Å². The van der Waals surface area contributed by atoms with Gasteiger partial charge in [0.05, 0.1) is 6.04 Å². The molecule has 0 fully saturated rings. The highest BCUT2D eigenvalue weighted by Crippen LogP contribution is 2.34. The number of rotatable bonds is 3. The Bertz CT molecular complexity index is 524. The molecule has 0 bridgehead atoms. The maximum Gasteiger partial charge on any atom is 0.106 e. The summed E-state index contributed by atoms with van der Waals surface area (Å²) in [4.78, 5) is 1.37. The Labute approximate surface area is 107 Å². The lowest BCUT2D eigenvalue weighted by atomic mass is 9.99. The molecule has 2 rings (SSSR count). The molecule has 0 saturated carbocycles. The van der Waals surface area contributed by atoms with Gasteiger partial charge in [0.2, 0.25) is 0 Å². The van der Waals surface area contributed by atoms with E-state index in [9.17, 15) is 0 Å². The third kappa shape index (κ3) is 2.05. The second-order valence-electron chi connectivity index (χ2n) is 4.44. The molecule has 1 atom stereocenters. The van der Waals surface area contributed by atoms with Crippen LogP contribution in [0.3, 0.4) is 0 Å². The van der Waals surface area contributed by atoms with Gasteiger partial charge in [-0.15, -0.1) is 11.3 Å². The maximum atomic E-state index is 5.73. The van der Waals surface area contributed by atoms with Crippen molar-refractivity contribution < 1.29 is 4.42 Å². The van der Waals surface area contributed by atoms with E-state index in [2.05, 4.69) is 30.6 Å². The van der Waals surface area contributed by atoms with Gasteiger partial charge in [0.1, 0.15) is 11.5 Å². The Morgan fingerprint density at radius 1 is 1.18 bits per heavy atom. The molecule has 0 radical (unpaired) electrons. The SMILES string of the molecule is CNC(c1sccc1C)c1c(C)oc(C)c1C. The zero-order valence-corrected chi connectivity index (χ0v) is 11.9. The van der Waals surface area contributed by atoms with E-state index in [1.807, 2.05) is 20.9 Å². The smallest absolute Gasteiger partial charge is 0.106 e. The molecule has 1 N–H and O–H groups in total. The first-order valence-electron chi connectivity index (χ1n) is 5.84. The molecule has 92 valence electrons. The Morgan fingerprint density at radius 3 is 2.29 bits per heavy atom. The number of thiophene rings is 1. The van der Waals surface area contributed by atoms with Crippen LogP contribution in [0.1, 0.15) is 39.1 Å². The predicted molar refractivity (Wildman–Crippen MR) is 72.9 cm³/mol. The average molecular weight is 249 g/mol. The third-order valence-electron chi connectivity index (χ3n) is 3.36. The van der Waals surface area contributed by atoms with Gasteiger partial charge in [-0.1, -0.05) is 0 Å². The van der Waals surface area contributed by atoms with E-state index in [0.29, 0.717) is 0 Å². The average Bonchev–Trinajstić information content (AvgIpc) is 2.79. The minimum Gasteiger partial charge on any atom is -0.466 e. The monoisotopic (exact) mass is 249 g/mol. The summed E-state index contributed by atoms with van der Waals surface area (Å²) >= 11 is 1.80. The minimum absolute atomic E-state index is 0.243. The second-order valence-corrected chi connectivity index (χ2v) is 5.39. The fraction of sp³-hybridized carbons (Fsp3) is 0.429. The van der Waals surface area contributed by atoms with Crippen molar-refractivity contribution in [3.63, 3.8) is 0 Å². The van der Waals surface area contributed by atoms with Crippen LogP contribution in [-0.4, -0.2) is 7.05 Å². The van der Waals surface area contributed by atoms with Crippen molar-refractivity contribution in [1.29, 1.82) is 0 Å². The molecule has 0 spiro atoms. The molecule has 2 aromatic rings. The number of hydrogen-bond acceptors (Lipinski definition) is 3. The first-order chi connectivity index (χ1) is 8.06. The van der Waals surface area contributed by atoms with E-state index in [1.165, 1.54) is 21.6 Å². The van der Waals surface area contributed by atoms with Gasteiger partial charge >= 0.3 is 0 Å². The topological polar surface area (TPSA) is 25.2 Å². The van der Waals surface area contributed by atoms with E-state index < -0.39 is 0 Å². The van der Waals surface area contributed by atoms with Gasteiger partial charge in [-0.3, -0.25) is 0 Å². The van der Waals surface area contributed by atoms with Gasteiger partial charge in [0.15, 0.2) is 0 Å². The standard InChI is InChI=1S/C14H19NOS/c1-8-6-7-17-14(8)13(15-5)12-9(2)10(3)16-11(12)4/h6-7,13,15H,1-5H3. The normalized spacial score (nSPS) is 13.0. The summed E-state index contributed by atoms with van der Waals surface area (Å²) in [5, 5.41) is 5.55. The summed E-state index contributed by atoms with van der Waals surface area (Å²) in [7, 11) is 2.00. The molecule has 0 aliphatic carbocycles. The fourth-order valence-corrected chi connectivity index (χ4v) is 3.37. The molecule has 0 aliphatic heterocycles. The molecular formula is C14H19NOS. The molecule has 0 amide bonds. The van der Waals surface area contributed by atoms with Crippen LogP contribution in [0.15, 0.2) is 15.9 Å². The summed E-state index contributed by atoms with van der Waals surface area (Å²) in [6, 6.07) is 2.41. The highest BCUT2D eigenvalue weighted by atomic mass is 32.1. The lowest BCUT2D eigenvalue weighted by Gasteiger charge is -2.16. The molecule has 0 aromatic carbocycles. The van der Waals surface area contributed by atoms with Crippen molar-refractivity contribution in [3.05, 3.63) is 44.5 Å². The quantitative estimate of drug-likeness (QED) is 0.893. The van der Waals surface area contributed by atoms with E-state index in [4.69, 9.17) is 4.42 Å². The molecule has 2 aromatic heterocycles. The summed E-state index contributed by atoms with van der Waals surface area (Å²) in [5.41, 5.74) is 3.89. The summed E-state index contributed by atoms with van der Waals surface area (Å²) in [6.45, 7) is 8.37. The van der Waals surface area contributed by atoms with Gasteiger partial charge in [-0.2, -0.15) is 0 Å². The van der Waals surface area contributed by atoms with Crippen molar-refractivity contribution in [2.24, 2.45) is 0 Å². The van der Waals surface area contributed by atoms with Crippen LogP contribution < -0.4 is 5.32 Å². The van der Waals surface area contributed by atoms with Gasteiger partial charge in [0, 0.05) is 10.4 Å². The summed E-state index contributed by atoms with van der Waals surface area (Å²) in [6.07, 6.45) is 0. The van der Waals surface area contributed by atoms with Gasteiger partial charge in [-0.25, -0.2) is 0 Å². The largest absolute Gasteiger partial charge is 0.466 e. The Morgan fingerprint density at radius 2 is 1.88 bits per heavy atom. The van der Waals surface area contributed by atoms with Gasteiger partial charge in [-0.05, 0) is 57.3 Å². The molecule has 3 heteroatoms.